The van der Waals surface area contributed by atoms with Crippen LogP contribution < -0.4 is 4.74 Å². The third-order valence-corrected chi connectivity index (χ3v) is 2.34. The van der Waals surface area contributed by atoms with Crippen molar-refractivity contribution in [2.24, 2.45) is 0 Å². The Balaban J connectivity index is 1.98. The van der Waals surface area contributed by atoms with Gasteiger partial charge < -0.3 is 9.26 Å². The van der Waals surface area contributed by atoms with Gasteiger partial charge in [-0.3, -0.25) is 0 Å². The van der Waals surface area contributed by atoms with E-state index >= 15 is 0 Å². The van der Waals surface area contributed by atoms with Crippen LogP contribution in [-0.2, 0) is 6.61 Å². The van der Waals surface area contributed by atoms with Gasteiger partial charge in [0.15, 0.2) is 5.76 Å². The molecule has 0 saturated carbocycles. The topological polar surface area (TPSA) is 35.3 Å². The number of nitrogens with zero attached hydrogens (tertiary/aromatic N) is 1. The molecule has 0 fully saturated rings. The average Bonchev–Trinajstić information content (AvgIpc) is 2.67. The zero-order valence-corrected chi connectivity index (χ0v) is 9.47. The summed E-state index contributed by atoms with van der Waals surface area (Å²) in [7, 11) is 0. The summed E-state index contributed by atoms with van der Waals surface area (Å²) in [5.74, 6) is 1.57. The zero-order chi connectivity index (χ0) is 9.80. The van der Waals surface area contributed by atoms with Crippen molar-refractivity contribution >= 4 is 22.6 Å². The van der Waals surface area contributed by atoms with Crippen molar-refractivity contribution in [3.8, 4) is 5.75 Å². The maximum absolute atomic E-state index is 5.49. The molecule has 0 aliphatic heterocycles. The first-order valence-electron chi connectivity index (χ1n) is 4.12. The second-order valence-corrected chi connectivity index (χ2v) is 3.97. The van der Waals surface area contributed by atoms with Crippen LogP contribution in [0.3, 0.4) is 0 Å². The summed E-state index contributed by atoms with van der Waals surface area (Å²) in [5.41, 5.74) is 0. The van der Waals surface area contributed by atoms with E-state index in [1.54, 1.807) is 12.3 Å². The van der Waals surface area contributed by atoms with Gasteiger partial charge in [-0.1, -0.05) is 11.2 Å². The number of benzene rings is 1. The van der Waals surface area contributed by atoms with E-state index in [0.717, 1.165) is 15.1 Å². The Morgan fingerprint density at radius 3 is 3.00 bits per heavy atom. The Morgan fingerprint density at radius 1 is 1.36 bits per heavy atom. The molecule has 14 heavy (non-hydrogen) atoms. The van der Waals surface area contributed by atoms with Crippen LogP contribution >= 0.6 is 22.6 Å². The maximum Gasteiger partial charge on any atom is 0.174 e. The normalized spacial score (nSPS) is 10.1. The maximum atomic E-state index is 5.49. The highest BCUT2D eigenvalue weighted by molar-refractivity contribution is 14.1. The third-order valence-electron chi connectivity index (χ3n) is 1.67. The van der Waals surface area contributed by atoms with Crippen molar-refractivity contribution in [3.05, 3.63) is 45.9 Å². The van der Waals surface area contributed by atoms with E-state index in [2.05, 4.69) is 27.7 Å². The van der Waals surface area contributed by atoms with Crippen LogP contribution in [0.5, 0.6) is 5.75 Å². The van der Waals surface area contributed by atoms with Gasteiger partial charge in [0, 0.05) is 9.64 Å². The highest BCUT2D eigenvalue weighted by Crippen LogP contribution is 2.16. The molecule has 0 bridgehead atoms. The summed E-state index contributed by atoms with van der Waals surface area (Å²) in [5, 5.41) is 3.60. The lowest BCUT2D eigenvalue weighted by atomic mass is 10.3. The van der Waals surface area contributed by atoms with Gasteiger partial charge in [0.1, 0.15) is 12.4 Å². The summed E-state index contributed by atoms with van der Waals surface area (Å²) < 4.78 is 11.6. The molecule has 4 heteroatoms. The number of hydrogen-bond donors (Lipinski definition) is 0. The molecule has 0 amide bonds. The third kappa shape index (κ3) is 2.47. The van der Waals surface area contributed by atoms with Crippen molar-refractivity contribution in [3.63, 3.8) is 0 Å². The van der Waals surface area contributed by atoms with Gasteiger partial charge in [0.2, 0.25) is 0 Å². The highest BCUT2D eigenvalue weighted by Gasteiger charge is 1.98. The minimum Gasteiger partial charge on any atom is -0.486 e. The number of halogens is 1. The Bertz CT molecular complexity index is 400. The first-order valence-corrected chi connectivity index (χ1v) is 5.20. The van der Waals surface area contributed by atoms with Gasteiger partial charge >= 0.3 is 0 Å². The van der Waals surface area contributed by atoms with E-state index in [1.165, 1.54) is 0 Å². The van der Waals surface area contributed by atoms with Crippen LogP contribution in [-0.4, -0.2) is 5.16 Å². The molecule has 72 valence electrons. The first kappa shape index (κ1) is 9.51. The van der Waals surface area contributed by atoms with E-state index in [-0.39, 0.29) is 0 Å². The van der Waals surface area contributed by atoms with E-state index < -0.39 is 0 Å². The summed E-state index contributed by atoms with van der Waals surface area (Å²) in [6, 6.07) is 9.64. The molecule has 0 aliphatic carbocycles. The molecule has 1 heterocycles. The predicted octanol–water partition coefficient (Wildman–Crippen LogP) is 2.86. The second-order valence-electron chi connectivity index (χ2n) is 2.72. The Hall–Kier alpha value is -1.04. The van der Waals surface area contributed by atoms with Crippen molar-refractivity contribution < 1.29 is 9.26 Å². The summed E-state index contributed by atoms with van der Waals surface area (Å²) in [6.45, 7) is 0.417. The van der Waals surface area contributed by atoms with Crippen LogP contribution in [0.15, 0.2) is 41.1 Å². The fourth-order valence-corrected chi connectivity index (χ4v) is 1.54. The van der Waals surface area contributed by atoms with Gasteiger partial charge in [-0.2, -0.15) is 0 Å². The fourth-order valence-electron chi connectivity index (χ4n) is 1.03. The summed E-state index contributed by atoms with van der Waals surface area (Å²) >= 11 is 2.24. The van der Waals surface area contributed by atoms with Gasteiger partial charge in [-0.25, -0.2) is 0 Å². The second kappa shape index (κ2) is 4.45. The van der Waals surface area contributed by atoms with Crippen LogP contribution in [0.2, 0.25) is 0 Å². The van der Waals surface area contributed by atoms with Crippen LogP contribution in [0.1, 0.15) is 5.76 Å². The molecular weight excluding hydrogens is 293 g/mol. The fraction of sp³-hybridized carbons (Fsp3) is 0.100. The lowest BCUT2D eigenvalue weighted by molar-refractivity contribution is 0.249. The number of hydrogen-bond acceptors (Lipinski definition) is 3. The van der Waals surface area contributed by atoms with E-state index in [1.807, 2.05) is 24.3 Å². The molecule has 0 spiro atoms. The number of ether oxygens (including phenoxy) is 1. The SMILES string of the molecule is Ic1cccc(OCc2ccno2)c1. The van der Waals surface area contributed by atoms with E-state index in [0.29, 0.717) is 6.61 Å². The van der Waals surface area contributed by atoms with Gasteiger partial charge in [-0.15, -0.1) is 0 Å². The highest BCUT2D eigenvalue weighted by atomic mass is 127. The summed E-state index contributed by atoms with van der Waals surface area (Å²) in [6.07, 6.45) is 1.60. The van der Waals surface area contributed by atoms with Crippen LogP contribution in [0.25, 0.3) is 0 Å². The molecule has 1 aromatic heterocycles. The predicted molar refractivity (Wildman–Crippen MR) is 60.0 cm³/mol. The number of rotatable bonds is 3. The smallest absolute Gasteiger partial charge is 0.174 e. The molecular formula is C10H8INO2. The lowest BCUT2D eigenvalue weighted by Crippen LogP contribution is -1.93. The largest absolute Gasteiger partial charge is 0.486 e. The molecule has 0 aliphatic rings. The minimum absolute atomic E-state index is 0.417. The average molecular weight is 301 g/mol. The molecule has 1 aromatic carbocycles. The molecule has 2 rings (SSSR count). The van der Waals surface area contributed by atoms with Crippen molar-refractivity contribution in [1.82, 2.24) is 5.16 Å². The Labute approximate surface area is 95.2 Å². The zero-order valence-electron chi connectivity index (χ0n) is 7.31. The van der Waals surface area contributed by atoms with Crippen molar-refractivity contribution in [1.29, 1.82) is 0 Å². The molecule has 2 aromatic rings. The standard InChI is InChI=1S/C10H8INO2/c11-8-2-1-3-9(6-8)13-7-10-4-5-12-14-10/h1-6H,7H2. The van der Waals surface area contributed by atoms with Gasteiger partial charge in [0.05, 0.1) is 6.20 Å². The summed E-state index contributed by atoms with van der Waals surface area (Å²) in [4.78, 5) is 0. The van der Waals surface area contributed by atoms with Gasteiger partial charge in [-0.05, 0) is 40.8 Å². The molecule has 0 saturated heterocycles. The Morgan fingerprint density at radius 2 is 2.29 bits per heavy atom. The van der Waals surface area contributed by atoms with E-state index in [4.69, 9.17) is 9.26 Å². The molecule has 0 radical (unpaired) electrons. The molecule has 0 atom stereocenters. The van der Waals surface area contributed by atoms with E-state index in [9.17, 15) is 0 Å². The van der Waals surface area contributed by atoms with Crippen LogP contribution in [0, 0.1) is 3.57 Å². The Kier molecular flexibility index (Phi) is 3.03. The number of aromatic nitrogens is 1. The molecule has 0 N–H and O–H groups in total. The van der Waals surface area contributed by atoms with Crippen molar-refractivity contribution in [2.45, 2.75) is 6.61 Å². The quantitative estimate of drug-likeness (QED) is 0.818. The van der Waals surface area contributed by atoms with Crippen LogP contribution in [0.4, 0.5) is 0 Å². The monoisotopic (exact) mass is 301 g/mol. The first-order chi connectivity index (χ1) is 6.84. The minimum atomic E-state index is 0.417. The molecule has 3 nitrogen and oxygen atoms in total. The lowest BCUT2D eigenvalue weighted by Gasteiger charge is -2.03. The van der Waals surface area contributed by atoms with Gasteiger partial charge in [0.25, 0.3) is 0 Å². The molecule has 0 unspecified atom stereocenters. The van der Waals surface area contributed by atoms with Crippen molar-refractivity contribution in [2.75, 3.05) is 0 Å².